The van der Waals surface area contributed by atoms with E-state index in [9.17, 15) is 9.59 Å². The van der Waals surface area contributed by atoms with Gasteiger partial charge < -0.3 is 15.1 Å². The van der Waals surface area contributed by atoms with Crippen LogP contribution in [0.1, 0.15) is 36.5 Å². The first-order valence-electron chi connectivity index (χ1n) is 10.3. The fourth-order valence-corrected chi connectivity index (χ4v) is 4.15. The normalized spacial score (nSPS) is 15.6. The van der Waals surface area contributed by atoms with E-state index in [1.807, 2.05) is 42.5 Å². The van der Waals surface area contributed by atoms with Crippen molar-refractivity contribution < 1.29 is 9.21 Å². The van der Waals surface area contributed by atoms with Crippen LogP contribution in [0.15, 0.2) is 69.9 Å². The highest BCUT2D eigenvalue weighted by Crippen LogP contribution is 2.40. The number of amides is 1. The molecule has 2 heterocycles. The molecule has 30 heavy (non-hydrogen) atoms. The molecule has 150 valence electrons. The van der Waals surface area contributed by atoms with Gasteiger partial charge in [-0.15, -0.1) is 0 Å². The van der Waals surface area contributed by atoms with Gasteiger partial charge in [0.15, 0.2) is 0 Å². The Labute approximate surface area is 173 Å². The number of rotatable bonds is 4. The minimum atomic E-state index is -0.170. The van der Waals surface area contributed by atoms with Crippen LogP contribution in [0.5, 0.6) is 0 Å². The van der Waals surface area contributed by atoms with Crippen LogP contribution in [0.3, 0.4) is 0 Å². The Balaban J connectivity index is 1.86. The average molecular weight is 398 g/mol. The van der Waals surface area contributed by atoms with Crippen molar-refractivity contribution in [2.24, 2.45) is 0 Å². The standard InChI is InChI=1S/C25H22N2O3/c1-2-3-13-20-26-22-17(25(29)27-20)14-18-23(28)16-11-7-8-12-19(16)30-24(18)21(22)15-9-5-4-6-10-15/h4-12,14,20,26H,2-3,13H2,1H3,(H,27,29). The van der Waals surface area contributed by atoms with Crippen molar-refractivity contribution in [1.82, 2.24) is 5.32 Å². The van der Waals surface area contributed by atoms with Crippen LogP contribution in [0.4, 0.5) is 5.69 Å². The van der Waals surface area contributed by atoms with E-state index in [1.165, 1.54) is 0 Å². The summed E-state index contributed by atoms with van der Waals surface area (Å²) in [5.74, 6) is -0.170. The third-order valence-corrected chi connectivity index (χ3v) is 5.65. The predicted molar refractivity (Wildman–Crippen MR) is 120 cm³/mol. The first-order chi connectivity index (χ1) is 14.7. The number of carbonyl (C=O) groups excluding carboxylic acids is 1. The van der Waals surface area contributed by atoms with Gasteiger partial charge in [0.05, 0.1) is 28.2 Å². The quantitative estimate of drug-likeness (QED) is 0.459. The van der Waals surface area contributed by atoms with E-state index in [0.717, 1.165) is 36.1 Å². The van der Waals surface area contributed by atoms with Crippen LogP contribution >= 0.6 is 0 Å². The van der Waals surface area contributed by atoms with Gasteiger partial charge in [0.2, 0.25) is 5.43 Å². The van der Waals surface area contributed by atoms with Gasteiger partial charge in [-0.2, -0.15) is 0 Å². The Morgan fingerprint density at radius 3 is 2.50 bits per heavy atom. The highest BCUT2D eigenvalue weighted by molar-refractivity contribution is 6.13. The van der Waals surface area contributed by atoms with Gasteiger partial charge in [0, 0.05) is 5.56 Å². The second-order valence-corrected chi connectivity index (χ2v) is 7.66. The lowest BCUT2D eigenvalue weighted by molar-refractivity contribution is 0.0934. The molecular weight excluding hydrogens is 376 g/mol. The lowest BCUT2D eigenvalue weighted by Gasteiger charge is -2.30. The Morgan fingerprint density at radius 1 is 0.933 bits per heavy atom. The lowest BCUT2D eigenvalue weighted by atomic mass is 9.94. The van der Waals surface area contributed by atoms with E-state index in [2.05, 4.69) is 17.6 Å². The van der Waals surface area contributed by atoms with Crippen LogP contribution in [-0.4, -0.2) is 12.1 Å². The van der Waals surface area contributed by atoms with E-state index in [1.54, 1.807) is 18.2 Å². The maximum absolute atomic E-state index is 13.3. The smallest absolute Gasteiger partial charge is 0.255 e. The Bertz CT molecular complexity index is 1330. The van der Waals surface area contributed by atoms with Gasteiger partial charge in [-0.25, -0.2) is 0 Å². The van der Waals surface area contributed by atoms with Crippen molar-refractivity contribution >= 4 is 33.5 Å². The molecule has 5 rings (SSSR count). The van der Waals surface area contributed by atoms with Crippen LogP contribution in [-0.2, 0) is 0 Å². The molecule has 0 bridgehead atoms. The number of carbonyl (C=O) groups is 1. The molecule has 1 aromatic heterocycles. The number of fused-ring (bicyclic) bond motifs is 3. The summed E-state index contributed by atoms with van der Waals surface area (Å²) >= 11 is 0. The summed E-state index contributed by atoms with van der Waals surface area (Å²) in [6, 6.07) is 18.6. The molecular formula is C25H22N2O3. The monoisotopic (exact) mass is 398 g/mol. The maximum atomic E-state index is 13.3. The second kappa shape index (κ2) is 7.34. The number of anilines is 1. The SMILES string of the molecule is CCCCC1NC(=O)c2cc3c(=O)c4ccccc4oc3c(-c3ccccc3)c2N1. The number of nitrogens with one attached hydrogen (secondary N) is 2. The van der Waals surface area contributed by atoms with E-state index in [0.29, 0.717) is 27.5 Å². The molecule has 0 spiro atoms. The molecule has 1 atom stereocenters. The van der Waals surface area contributed by atoms with E-state index in [-0.39, 0.29) is 17.5 Å². The summed E-state index contributed by atoms with van der Waals surface area (Å²) in [6.07, 6.45) is 2.72. The van der Waals surface area contributed by atoms with E-state index < -0.39 is 0 Å². The molecule has 1 aliphatic rings. The topological polar surface area (TPSA) is 71.3 Å². The highest BCUT2D eigenvalue weighted by atomic mass is 16.3. The van der Waals surface area contributed by atoms with Gasteiger partial charge in [0.1, 0.15) is 11.2 Å². The van der Waals surface area contributed by atoms with Gasteiger partial charge in [-0.05, 0) is 36.6 Å². The zero-order valence-electron chi connectivity index (χ0n) is 16.7. The first-order valence-corrected chi connectivity index (χ1v) is 10.3. The number of unbranched alkanes of at least 4 members (excludes halogenated alkanes) is 1. The molecule has 5 heteroatoms. The summed E-state index contributed by atoms with van der Waals surface area (Å²) in [6.45, 7) is 2.13. The Morgan fingerprint density at radius 2 is 1.70 bits per heavy atom. The summed E-state index contributed by atoms with van der Waals surface area (Å²) in [5, 5.41) is 7.44. The molecule has 0 saturated carbocycles. The Kier molecular flexibility index (Phi) is 4.51. The third-order valence-electron chi connectivity index (χ3n) is 5.65. The van der Waals surface area contributed by atoms with Crippen molar-refractivity contribution in [2.75, 3.05) is 5.32 Å². The van der Waals surface area contributed by atoms with Gasteiger partial charge in [-0.3, -0.25) is 9.59 Å². The fraction of sp³-hybridized carbons (Fsp3) is 0.200. The highest BCUT2D eigenvalue weighted by Gasteiger charge is 2.29. The van der Waals surface area contributed by atoms with Crippen molar-refractivity contribution in [3.8, 4) is 11.1 Å². The van der Waals surface area contributed by atoms with Crippen molar-refractivity contribution in [3.63, 3.8) is 0 Å². The number of para-hydroxylation sites is 1. The van der Waals surface area contributed by atoms with Gasteiger partial charge in [-0.1, -0.05) is 55.8 Å². The number of hydrogen-bond acceptors (Lipinski definition) is 4. The minimum Gasteiger partial charge on any atom is -0.455 e. The molecule has 0 saturated heterocycles. The predicted octanol–water partition coefficient (Wildman–Crippen LogP) is 5.28. The summed E-state index contributed by atoms with van der Waals surface area (Å²) in [5.41, 5.74) is 3.74. The zero-order valence-corrected chi connectivity index (χ0v) is 16.7. The van der Waals surface area contributed by atoms with Gasteiger partial charge >= 0.3 is 0 Å². The molecule has 1 unspecified atom stereocenters. The number of hydrogen-bond donors (Lipinski definition) is 2. The maximum Gasteiger partial charge on any atom is 0.255 e. The molecule has 3 aromatic carbocycles. The largest absolute Gasteiger partial charge is 0.455 e. The third kappa shape index (κ3) is 2.94. The first kappa shape index (κ1) is 18.4. The van der Waals surface area contributed by atoms with Gasteiger partial charge in [0.25, 0.3) is 5.91 Å². The fourth-order valence-electron chi connectivity index (χ4n) is 4.15. The molecule has 2 N–H and O–H groups in total. The molecule has 4 aromatic rings. The summed E-state index contributed by atoms with van der Waals surface area (Å²) in [7, 11) is 0. The molecule has 0 aliphatic carbocycles. The zero-order chi connectivity index (χ0) is 20.7. The summed E-state index contributed by atoms with van der Waals surface area (Å²) < 4.78 is 6.26. The van der Waals surface area contributed by atoms with Crippen LogP contribution in [0, 0.1) is 0 Å². The van der Waals surface area contributed by atoms with E-state index in [4.69, 9.17) is 4.42 Å². The van der Waals surface area contributed by atoms with Crippen molar-refractivity contribution in [2.45, 2.75) is 32.4 Å². The van der Waals surface area contributed by atoms with Crippen LogP contribution in [0.25, 0.3) is 33.1 Å². The molecule has 1 amide bonds. The number of benzene rings is 3. The van der Waals surface area contributed by atoms with E-state index >= 15 is 0 Å². The molecule has 0 fully saturated rings. The van der Waals surface area contributed by atoms with Crippen molar-refractivity contribution in [3.05, 3.63) is 76.5 Å². The lowest BCUT2D eigenvalue weighted by Crippen LogP contribution is -2.45. The molecule has 5 nitrogen and oxygen atoms in total. The summed E-state index contributed by atoms with van der Waals surface area (Å²) in [4.78, 5) is 26.2. The second-order valence-electron chi connectivity index (χ2n) is 7.66. The minimum absolute atomic E-state index is 0.132. The molecule has 1 aliphatic heterocycles. The van der Waals surface area contributed by atoms with Crippen LogP contribution in [0.2, 0.25) is 0 Å². The van der Waals surface area contributed by atoms with Crippen LogP contribution < -0.4 is 16.1 Å². The van der Waals surface area contributed by atoms with Crippen molar-refractivity contribution in [1.29, 1.82) is 0 Å². The molecule has 0 radical (unpaired) electrons. The average Bonchev–Trinajstić information content (AvgIpc) is 2.77. The Hall–Kier alpha value is -3.60.